The van der Waals surface area contributed by atoms with E-state index in [2.05, 4.69) is 25.6 Å². The predicted molar refractivity (Wildman–Crippen MR) is 108 cm³/mol. The van der Waals surface area contributed by atoms with Gasteiger partial charge in [-0.05, 0) is 46.3 Å². The van der Waals surface area contributed by atoms with Gasteiger partial charge in [-0.3, -0.25) is 4.79 Å². The number of rotatable bonds is 3. The average molecular weight is 513 g/mol. The molecular weight excluding hydrogens is 504 g/mol. The molecule has 1 N–H and O–H groups in total. The van der Waals surface area contributed by atoms with Crippen molar-refractivity contribution >= 4 is 78.0 Å². The number of carbonyl (C=O) groups excluding carboxylic acids is 1. The van der Waals surface area contributed by atoms with Gasteiger partial charge in [-0.1, -0.05) is 23.2 Å². The largest absolute Gasteiger partial charge is 0.345 e. The minimum absolute atomic E-state index is 0.0768. The number of amides is 1. The molecule has 0 bridgehead atoms. The maximum Gasteiger partial charge on any atom is 0.345 e. The van der Waals surface area contributed by atoms with Gasteiger partial charge >= 0.3 is 10.2 Å². The van der Waals surface area contributed by atoms with Gasteiger partial charge in [0.1, 0.15) is 15.9 Å². The summed E-state index contributed by atoms with van der Waals surface area (Å²) in [7, 11) is -2.90. The summed E-state index contributed by atoms with van der Waals surface area (Å²) in [6, 6.07) is 5.23. The molecule has 3 rings (SSSR count). The molecule has 1 aromatic heterocycles. The Bertz CT molecular complexity index is 1100. The minimum Gasteiger partial charge on any atom is -0.321 e. The molecule has 6 nitrogen and oxygen atoms in total. The first-order valence-electron chi connectivity index (χ1n) is 7.10. The van der Waals surface area contributed by atoms with Crippen molar-refractivity contribution in [3.63, 3.8) is 0 Å². The van der Waals surface area contributed by atoms with Crippen LogP contribution in [-0.4, -0.2) is 31.4 Å². The molecule has 1 aliphatic heterocycles. The van der Waals surface area contributed by atoms with Crippen LogP contribution >= 0.6 is 50.5 Å². The van der Waals surface area contributed by atoms with Crippen molar-refractivity contribution in [3.8, 4) is 0 Å². The maximum atomic E-state index is 13.3. The molecule has 0 atom stereocenters. The molecule has 0 spiro atoms. The first-order chi connectivity index (χ1) is 12.6. The summed E-state index contributed by atoms with van der Waals surface area (Å²) in [6.45, 7) is 0. The van der Waals surface area contributed by atoms with E-state index in [1.165, 1.54) is 25.3 Å². The Morgan fingerprint density at radius 3 is 2.63 bits per heavy atom. The van der Waals surface area contributed by atoms with Crippen LogP contribution in [0.15, 0.2) is 44.9 Å². The lowest BCUT2D eigenvalue weighted by molar-refractivity contribution is -0.113. The first-order valence-corrected chi connectivity index (χ1v) is 10.9. The van der Waals surface area contributed by atoms with E-state index in [4.69, 9.17) is 23.2 Å². The number of hydrogen-bond donors (Lipinski definition) is 1. The van der Waals surface area contributed by atoms with Gasteiger partial charge in [0.25, 0.3) is 5.91 Å². The summed E-state index contributed by atoms with van der Waals surface area (Å²) in [6.07, 6.45) is 1.33. The molecule has 1 amide bonds. The highest BCUT2D eigenvalue weighted by molar-refractivity contribution is 9.10. The van der Waals surface area contributed by atoms with Gasteiger partial charge in [0.05, 0.1) is 15.6 Å². The van der Waals surface area contributed by atoms with Crippen molar-refractivity contribution in [1.82, 2.24) is 4.31 Å². The van der Waals surface area contributed by atoms with Crippen LogP contribution in [0.3, 0.4) is 0 Å². The summed E-state index contributed by atoms with van der Waals surface area (Å²) < 4.78 is 43.4. The lowest BCUT2D eigenvalue weighted by atomic mass is 10.2. The summed E-state index contributed by atoms with van der Waals surface area (Å²) >= 11 is 16.0. The fraction of sp³-hybridized carbons (Fsp3) is 0.0667. The molecule has 12 heteroatoms. The third kappa shape index (κ3) is 4.19. The standard InChI is InChI=1S/C15H9BrCl2FN3O3S2/c1-22-12(15(23)20-7-2-3-10(19)9(17)4-7)6-11(21-27(22,24)25)13-5-8(16)14(18)26-13/h2-6H,1H3,(H,20,23). The number of thiophene rings is 1. The molecule has 1 aromatic carbocycles. The highest BCUT2D eigenvalue weighted by Crippen LogP contribution is 2.34. The van der Waals surface area contributed by atoms with E-state index >= 15 is 0 Å². The maximum absolute atomic E-state index is 13.3. The van der Waals surface area contributed by atoms with Crippen LogP contribution in [0, 0.1) is 5.82 Å². The number of carbonyl (C=O) groups is 1. The van der Waals surface area contributed by atoms with Crippen molar-refractivity contribution in [2.75, 3.05) is 12.4 Å². The van der Waals surface area contributed by atoms with E-state index in [1.54, 1.807) is 6.07 Å². The molecule has 0 fully saturated rings. The molecule has 0 radical (unpaired) electrons. The number of nitrogens with one attached hydrogen (secondary N) is 1. The van der Waals surface area contributed by atoms with Crippen LogP contribution in [0.2, 0.25) is 9.36 Å². The quantitative estimate of drug-likeness (QED) is 0.659. The van der Waals surface area contributed by atoms with Crippen LogP contribution in [0.25, 0.3) is 0 Å². The minimum atomic E-state index is -4.11. The van der Waals surface area contributed by atoms with Gasteiger partial charge in [-0.2, -0.15) is 8.42 Å². The van der Waals surface area contributed by atoms with Crippen LogP contribution in [-0.2, 0) is 15.0 Å². The van der Waals surface area contributed by atoms with E-state index in [-0.39, 0.29) is 22.1 Å². The Morgan fingerprint density at radius 2 is 2.04 bits per heavy atom. The van der Waals surface area contributed by atoms with Gasteiger partial charge in [-0.15, -0.1) is 15.7 Å². The first kappa shape index (κ1) is 20.3. The van der Waals surface area contributed by atoms with Gasteiger partial charge in [0.15, 0.2) is 0 Å². The van der Waals surface area contributed by atoms with Gasteiger partial charge < -0.3 is 5.32 Å². The third-order valence-corrected chi connectivity index (χ3v) is 7.58. The summed E-state index contributed by atoms with van der Waals surface area (Å²) in [5.41, 5.74) is 0.123. The average Bonchev–Trinajstić information content (AvgIpc) is 2.92. The summed E-state index contributed by atoms with van der Waals surface area (Å²) in [5, 5.41) is 2.31. The van der Waals surface area contributed by atoms with E-state index in [0.29, 0.717) is 13.7 Å². The van der Waals surface area contributed by atoms with E-state index in [1.807, 2.05) is 0 Å². The number of anilines is 1. The Labute approximate surface area is 176 Å². The Balaban J connectivity index is 1.97. The van der Waals surface area contributed by atoms with Crippen LogP contribution in [0.1, 0.15) is 4.88 Å². The summed E-state index contributed by atoms with van der Waals surface area (Å²) in [5.74, 6) is -1.36. The van der Waals surface area contributed by atoms with Crippen LogP contribution < -0.4 is 5.32 Å². The number of nitrogens with zero attached hydrogens (tertiary/aromatic N) is 2. The zero-order valence-corrected chi connectivity index (χ0v) is 18.1. The smallest absolute Gasteiger partial charge is 0.321 e. The molecule has 0 unspecified atom stereocenters. The third-order valence-electron chi connectivity index (χ3n) is 3.48. The molecule has 2 aromatic rings. The normalized spacial score (nSPS) is 16.0. The Morgan fingerprint density at radius 1 is 1.33 bits per heavy atom. The van der Waals surface area contributed by atoms with Gasteiger partial charge in [0.2, 0.25) is 0 Å². The predicted octanol–water partition coefficient (Wildman–Crippen LogP) is 4.46. The van der Waals surface area contributed by atoms with Crippen LogP contribution in [0.5, 0.6) is 0 Å². The fourth-order valence-electron chi connectivity index (χ4n) is 2.12. The van der Waals surface area contributed by atoms with E-state index in [9.17, 15) is 17.6 Å². The highest BCUT2D eigenvalue weighted by Gasteiger charge is 2.30. The second-order valence-electron chi connectivity index (χ2n) is 5.27. The van der Waals surface area contributed by atoms with Gasteiger partial charge in [-0.25, -0.2) is 8.70 Å². The van der Waals surface area contributed by atoms with Crippen molar-refractivity contribution < 1.29 is 17.6 Å². The lowest BCUT2D eigenvalue weighted by Gasteiger charge is -2.23. The molecule has 2 heterocycles. The van der Waals surface area contributed by atoms with Crippen molar-refractivity contribution in [2.45, 2.75) is 0 Å². The van der Waals surface area contributed by atoms with E-state index in [0.717, 1.165) is 21.7 Å². The topological polar surface area (TPSA) is 78.8 Å². The Kier molecular flexibility index (Phi) is 5.64. The van der Waals surface area contributed by atoms with Crippen molar-refractivity contribution in [3.05, 3.63) is 60.6 Å². The number of allylic oxidation sites excluding steroid dienone is 1. The SMILES string of the molecule is CN1C(C(=O)Nc2ccc(F)c(Cl)c2)=CC(c2cc(Br)c(Cl)s2)=NS1(=O)=O. The van der Waals surface area contributed by atoms with E-state index < -0.39 is 21.9 Å². The molecule has 0 saturated heterocycles. The molecule has 0 saturated carbocycles. The molecule has 1 aliphatic rings. The zero-order chi connectivity index (χ0) is 19.9. The number of likely N-dealkylation sites (N-methyl/N-ethyl adjacent to an activating group) is 1. The number of halogens is 4. The lowest BCUT2D eigenvalue weighted by Crippen LogP contribution is -2.35. The summed E-state index contributed by atoms with van der Waals surface area (Å²) in [4.78, 5) is 13.1. The van der Waals surface area contributed by atoms with Gasteiger partial charge in [0, 0.05) is 17.2 Å². The number of benzene rings is 1. The zero-order valence-electron chi connectivity index (χ0n) is 13.3. The molecule has 0 aliphatic carbocycles. The highest BCUT2D eigenvalue weighted by atomic mass is 79.9. The molecule has 142 valence electrons. The second kappa shape index (κ2) is 7.51. The fourth-order valence-corrected chi connectivity index (χ4v) is 4.93. The molecular formula is C15H9BrCl2FN3O3S2. The monoisotopic (exact) mass is 511 g/mol. The van der Waals surface area contributed by atoms with Crippen molar-refractivity contribution in [2.24, 2.45) is 4.40 Å². The Hall–Kier alpha value is -1.46. The molecule has 27 heavy (non-hydrogen) atoms. The van der Waals surface area contributed by atoms with Crippen molar-refractivity contribution in [1.29, 1.82) is 0 Å². The number of hydrogen-bond acceptors (Lipinski definition) is 4. The van der Waals surface area contributed by atoms with Crippen LogP contribution in [0.4, 0.5) is 10.1 Å². The second-order valence-corrected chi connectivity index (χ2v) is 9.81.